The number of nitriles is 2. The van der Waals surface area contributed by atoms with E-state index in [2.05, 4.69) is 0 Å². The van der Waals surface area contributed by atoms with Crippen molar-refractivity contribution in [2.75, 3.05) is 19.6 Å². The Morgan fingerprint density at radius 1 is 1.22 bits per heavy atom. The van der Waals surface area contributed by atoms with Crippen molar-refractivity contribution in [3.05, 3.63) is 0 Å². The third kappa shape index (κ3) is 6.85. The van der Waals surface area contributed by atoms with Crippen LogP contribution < -0.4 is 5.73 Å². The monoisotopic (exact) mass is 252 g/mol. The van der Waals surface area contributed by atoms with Crippen molar-refractivity contribution in [2.24, 2.45) is 5.73 Å². The first-order valence-corrected chi connectivity index (χ1v) is 6.08. The van der Waals surface area contributed by atoms with E-state index in [1.54, 1.807) is 4.90 Å². The molecule has 0 unspecified atom stereocenters. The van der Waals surface area contributed by atoms with Gasteiger partial charge in [0.25, 0.3) is 0 Å². The lowest BCUT2D eigenvalue weighted by atomic mass is 10.1. The summed E-state index contributed by atoms with van der Waals surface area (Å²) in [5.74, 6) is -0.900. The van der Waals surface area contributed by atoms with Gasteiger partial charge in [-0.15, -0.1) is 0 Å². The van der Waals surface area contributed by atoms with Gasteiger partial charge in [-0.05, 0) is 19.4 Å². The third-order valence-corrected chi connectivity index (χ3v) is 2.68. The van der Waals surface area contributed by atoms with Gasteiger partial charge < -0.3 is 10.8 Å². The van der Waals surface area contributed by atoms with Crippen molar-refractivity contribution in [3.8, 4) is 12.1 Å². The van der Waals surface area contributed by atoms with Gasteiger partial charge in [0.05, 0.1) is 12.1 Å². The molecular formula is C12H20N4O2. The molecule has 0 aromatic heterocycles. The molecule has 3 N–H and O–H groups in total. The number of carboxylic acid groups (broad SMARTS) is 1. The smallest absolute Gasteiger partial charge is 0.320 e. The zero-order valence-electron chi connectivity index (χ0n) is 10.5. The minimum absolute atomic E-state index is 0.270. The molecule has 18 heavy (non-hydrogen) atoms. The second-order valence-electron chi connectivity index (χ2n) is 3.99. The highest BCUT2D eigenvalue weighted by molar-refractivity contribution is 5.73. The fraction of sp³-hybridized carbons (Fsp3) is 0.750. The average molecular weight is 252 g/mol. The Morgan fingerprint density at radius 3 is 2.17 bits per heavy atom. The van der Waals surface area contributed by atoms with Crippen LogP contribution in [0, 0.1) is 22.7 Å². The van der Waals surface area contributed by atoms with Crippen LogP contribution >= 0.6 is 0 Å². The van der Waals surface area contributed by atoms with Crippen LogP contribution in [0.3, 0.4) is 0 Å². The molecule has 0 aliphatic rings. The zero-order valence-corrected chi connectivity index (χ0v) is 10.5. The van der Waals surface area contributed by atoms with Gasteiger partial charge in [0, 0.05) is 25.9 Å². The predicted molar refractivity (Wildman–Crippen MR) is 66.4 cm³/mol. The molecule has 0 amide bonds. The maximum Gasteiger partial charge on any atom is 0.320 e. The Labute approximate surface area is 108 Å². The summed E-state index contributed by atoms with van der Waals surface area (Å²) in [6.45, 7) is 1.32. The molecule has 0 bridgehead atoms. The summed E-state index contributed by atoms with van der Waals surface area (Å²) in [6.07, 6.45) is 2.57. The Bertz CT molecular complexity index is 301. The Hall–Kier alpha value is -1.63. The van der Waals surface area contributed by atoms with Crippen molar-refractivity contribution in [2.45, 2.75) is 38.1 Å². The minimum atomic E-state index is -0.900. The number of unbranched alkanes of at least 4 members (excludes halogenated alkanes) is 1. The number of aliphatic carboxylic acids is 1. The molecule has 0 heterocycles. The van der Waals surface area contributed by atoms with Crippen LogP contribution in [0.5, 0.6) is 0 Å². The van der Waals surface area contributed by atoms with Crippen LogP contribution in [0.25, 0.3) is 0 Å². The van der Waals surface area contributed by atoms with Gasteiger partial charge in [-0.3, -0.25) is 9.69 Å². The zero-order chi connectivity index (χ0) is 13.8. The molecule has 6 heteroatoms. The Balaban J connectivity index is 4.48. The van der Waals surface area contributed by atoms with E-state index in [9.17, 15) is 9.90 Å². The van der Waals surface area contributed by atoms with E-state index in [1.165, 1.54) is 0 Å². The molecule has 0 rings (SSSR count). The second-order valence-corrected chi connectivity index (χ2v) is 3.99. The maximum absolute atomic E-state index is 11.2. The summed E-state index contributed by atoms with van der Waals surface area (Å²) in [7, 11) is 0. The van der Waals surface area contributed by atoms with E-state index >= 15 is 0 Å². The summed E-state index contributed by atoms with van der Waals surface area (Å²) < 4.78 is 0. The largest absolute Gasteiger partial charge is 0.480 e. The number of nitrogens with two attached hydrogens (primary N) is 1. The van der Waals surface area contributed by atoms with Gasteiger partial charge in [0.15, 0.2) is 0 Å². The van der Waals surface area contributed by atoms with Crippen LogP contribution in [0.15, 0.2) is 0 Å². The molecule has 0 spiro atoms. The van der Waals surface area contributed by atoms with Gasteiger partial charge in [-0.25, -0.2) is 0 Å². The van der Waals surface area contributed by atoms with Crippen LogP contribution in [-0.2, 0) is 4.79 Å². The second kappa shape index (κ2) is 10.5. The molecular weight excluding hydrogens is 232 g/mol. The molecule has 6 nitrogen and oxygen atoms in total. The lowest BCUT2D eigenvalue weighted by Gasteiger charge is -2.27. The molecule has 0 fully saturated rings. The van der Waals surface area contributed by atoms with E-state index in [0.29, 0.717) is 26.1 Å². The number of carboxylic acids is 1. The van der Waals surface area contributed by atoms with E-state index in [0.717, 1.165) is 12.8 Å². The van der Waals surface area contributed by atoms with Crippen LogP contribution in [0.1, 0.15) is 32.1 Å². The lowest BCUT2D eigenvalue weighted by molar-refractivity contribution is -0.143. The lowest BCUT2D eigenvalue weighted by Crippen LogP contribution is -2.42. The first kappa shape index (κ1) is 16.4. The van der Waals surface area contributed by atoms with Gasteiger partial charge in [0.2, 0.25) is 0 Å². The van der Waals surface area contributed by atoms with Crippen LogP contribution in [-0.4, -0.2) is 41.7 Å². The fourth-order valence-corrected chi connectivity index (χ4v) is 1.75. The summed E-state index contributed by atoms with van der Waals surface area (Å²) in [5.41, 5.74) is 5.38. The summed E-state index contributed by atoms with van der Waals surface area (Å²) in [6, 6.07) is 3.37. The topological polar surface area (TPSA) is 114 Å². The molecule has 0 aromatic rings. The van der Waals surface area contributed by atoms with E-state index in [4.69, 9.17) is 16.3 Å². The molecule has 100 valence electrons. The molecule has 0 aliphatic heterocycles. The van der Waals surface area contributed by atoms with E-state index < -0.39 is 12.0 Å². The fourth-order valence-electron chi connectivity index (χ4n) is 1.75. The van der Waals surface area contributed by atoms with Crippen LogP contribution in [0.4, 0.5) is 0 Å². The average Bonchev–Trinajstić information content (AvgIpc) is 2.35. The normalized spacial score (nSPS) is 11.8. The molecule has 1 atom stereocenters. The van der Waals surface area contributed by atoms with Crippen molar-refractivity contribution < 1.29 is 9.90 Å². The number of hydrogen-bond donors (Lipinski definition) is 2. The van der Waals surface area contributed by atoms with E-state index in [1.807, 2.05) is 12.1 Å². The summed E-state index contributed by atoms with van der Waals surface area (Å²) in [4.78, 5) is 12.9. The summed E-state index contributed by atoms with van der Waals surface area (Å²) >= 11 is 0. The molecule has 0 aliphatic carbocycles. The van der Waals surface area contributed by atoms with E-state index in [-0.39, 0.29) is 12.8 Å². The summed E-state index contributed by atoms with van der Waals surface area (Å²) in [5, 5.41) is 26.3. The standard InChI is InChI=1S/C12H20N4O2/c13-6-2-1-5-11(12(17)18)16(9-3-7-14)10-4-8-15/h11H,1-6,9-10,13H2,(H,17,18)/t11-/m0/s1. The highest BCUT2D eigenvalue weighted by atomic mass is 16.4. The highest BCUT2D eigenvalue weighted by Gasteiger charge is 2.24. The van der Waals surface area contributed by atoms with Gasteiger partial charge in [-0.2, -0.15) is 10.5 Å². The van der Waals surface area contributed by atoms with Gasteiger partial charge >= 0.3 is 5.97 Å². The Morgan fingerprint density at radius 2 is 1.78 bits per heavy atom. The molecule has 0 saturated carbocycles. The number of nitrogens with zero attached hydrogens (tertiary/aromatic N) is 3. The van der Waals surface area contributed by atoms with Gasteiger partial charge in [-0.1, -0.05) is 6.42 Å². The first-order chi connectivity index (χ1) is 8.67. The third-order valence-electron chi connectivity index (χ3n) is 2.68. The highest BCUT2D eigenvalue weighted by Crippen LogP contribution is 2.10. The molecule has 0 saturated heterocycles. The van der Waals surface area contributed by atoms with Crippen molar-refractivity contribution in [3.63, 3.8) is 0 Å². The van der Waals surface area contributed by atoms with Crippen molar-refractivity contribution in [1.29, 1.82) is 10.5 Å². The quantitative estimate of drug-likeness (QED) is 0.553. The number of carbonyl (C=O) groups is 1. The maximum atomic E-state index is 11.2. The number of hydrogen-bond acceptors (Lipinski definition) is 5. The predicted octanol–water partition coefficient (Wildman–Crippen LogP) is 0.698. The Kier molecular flexibility index (Phi) is 9.57. The molecule has 0 radical (unpaired) electrons. The van der Waals surface area contributed by atoms with Crippen molar-refractivity contribution in [1.82, 2.24) is 4.90 Å². The van der Waals surface area contributed by atoms with Gasteiger partial charge in [0.1, 0.15) is 6.04 Å². The SMILES string of the molecule is N#CCCN(CCC#N)[C@@H](CCCCN)C(=O)O. The van der Waals surface area contributed by atoms with Crippen LogP contribution in [0.2, 0.25) is 0 Å². The van der Waals surface area contributed by atoms with Crippen molar-refractivity contribution >= 4 is 5.97 Å². The minimum Gasteiger partial charge on any atom is -0.480 e. The molecule has 0 aromatic carbocycles. The first-order valence-electron chi connectivity index (χ1n) is 6.08. The number of rotatable bonds is 10.